The molecule has 0 aliphatic carbocycles. The van der Waals surface area contributed by atoms with Crippen molar-refractivity contribution in [3.05, 3.63) is 90.5 Å². The van der Waals surface area contributed by atoms with Gasteiger partial charge in [0.05, 0.1) is 16.3 Å². The van der Waals surface area contributed by atoms with Crippen LogP contribution in [0.15, 0.2) is 99.0 Å². The Kier molecular flexibility index (Phi) is 5.30. The van der Waals surface area contributed by atoms with E-state index >= 15 is 0 Å². The smallest absolute Gasteiger partial charge is 0.229 e. The molecule has 156 valence electrons. The second kappa shape index (κ2) is 8.07. The minimum absolute atomic E-state index is 0.0731. The maximum absolute atomic E-state index is 13.4. The van der Waals surface area contributed by atoms with Gasteiger partial charge in [-0.25, -0.2) is 21.9 Å². The van der Waals surface area contributed by atoms with Crippen LogP contribution in [-0.4, -0.2) is 23.3 Å². The summed E-state index contributed by atoms with van der Waals surface area (Å²) in [7, 11) is -4.18. The van der Waals surface area contributed by atoms with Crippen LogP contribution in [0.1, 0.15) is 0 Å². The van der Waals surface area contributed by atoms with Crippen molar-refractivity contribution in [2.24, 2.45) is 10.2 Å². The summed E-state index contributed by atoms with van der Waals surface area (Å²) in [4.78, 5) is -0.0731. The number of aromatic hydroxyl groups is 1. The summed E-state index contributed by atoms with van der Waals surface area (Å²) in [5, 5.41) is 21.9. The maximum atomic E-state index is 13.4. The van der Waals surface area contributed by atoms with Crippen molar-refractivity contribution >= 4 is 21.3 Å². The van der Waals surface area contributed by atoms with Gasteiger partial charge in [0.2, 0.25) is 26.4 Å². The lowest BCUT2D eigenvalue weighted by atomic mass is 10.3. The van der Waals surface area contributed by atoms with E-state index < -0.39 is 32.2 Å². The summed E-state index contributed by atoms with van der Waals surface area (Å²) >= 11 is 0. The SMILES string of the molecule is O=S(=O)(c1ccccc1)c1nn(-c2ccc(F)cc2)c(N=Nc2ccc(F)cc2)c1O. The van der Waals surface area contributed by atoms with Crippen LogP contribution in [0.25, 0.3) is 5.69 Å². The number of nitrogens with zero attached hydrogens (tertiary/aromatic N) is 4. The highest BCUT2D eigenvalue weighted by Crippen LogP contribution is 2.38. The third-order valence-corrected chi connectivity index (χ3v) is 5.95. The van der Waals surface area contributed by atoms with Gasteiger partial charge in [-0.15, -0.1) is 15.3 Å². The summed E-state index contributed by atoms with van der Waals surface area (Å²) < 4.78 is 53.5. The van der Waals surface area contributed by atoms with Crippen molar-refractivity contribution in [3.63, 3.8) is 0 Å². The Bertz CT molecular complexity index is 1350. The van der Waals surface area contributed by atoms with E-state index in [-0.39, 0.29) is 22.1 Å². The minimum atomic E-state index is -4.18. The van der Waals surface area contributed by atoms with Crippen molar-refractivity contribution in [1.82, 2.24) is 9.78 Å². The van der Waals surface area contributed by atoms with E-state index in [1.807, 2.05) is 0 Å². The van der Waals surface area contributed by atoms with Crippen molar-refractivity contribution < 1.29 is 22.3 Å². The Morgan fingerprint density at radius 2 is 1.39 bits per heavy atom. The maximum Gasteiger partial charge on any atom is 0.229 e. The third-order valence-electron chi connectivity index (χ3n) is 4.27. The molecule has 0 spiro atoms. The monoisotopic (exact) mass is 440 g/mol. The average Bonchev–Trinajstić information content (AvgIpc) is 3.11. The number of aromatic nitrogens is 2. The summed E-state index contributed by atoms with van der Waals surface area (Å²) in [6.07, 6.45) is 0. The van der Waals surface area contributed by atoms with Crippen molar-refractivity contribution in [2.45, 2.75) is 9.92 Å². The zero-order valence-corrected chi connectivity index (χ0v) is 16.5. The van der Waals surface area contributed by atoms with E-state index in [2.05, 4.69) is 15.3 Å². The van der Waals surface area contributed by atoms with Crippen LogP contribution in [-0.2, 0) is 9.84 Å². The van der Waals surface area contributed by atoms with Gasteiger partial charge >= 0.3 is 0 Å². The standard InChI is InChI=1S/C21H14F2N4O3S/c22-14-6-10-16(11-7-14)24-25-20-19(28)21(31(29,30)18-4-2-1-3-5-18)26-27(20)17-12-8-15(23)9-13-17/h1-13,28H. The molecule has 10 heteroatoms. The first-order valence-electron chi connectivity index (χ1n) is 8.91. The highest BCUT2D eigenvalue weighted by atomic mass is 32.2. The summed E-state index contributed by atoms with van der Waals surface area (Å²) in [5.41, 5.74) is 0.513. The second-order valence-corrected chi connectivity index (χ2v) is 8.22. The lowest BCUT2D eigenvalue weighted by Crippen LogP contribution is -2.04. The molecule has 0 aliphatic heterocycles. The van der Waals surface area contributed by atoms with Crippen molar-refractivity contribution in [3.8, 4) is 11.4 Å². The summed E-state index contributed by atoms with van der Waals surface area (Å²) in [6.45, 7) is 0. The highest BCUT2D eigenvalue weighted by molar-refractivity contribution is 7.91. The Balaban J connectivity index is 1.88. The van der Waals surface area contributed by atoms with E-state index in [4.69, 9.17) is 0 Å². The molecule has 31 heavy (non-hydrogen) atoms. The van der Waals surface area contributed by atoms with Crippen LogP contribution in [0.3, 0.4) is 0 Å². The molecule has 1 N–H and O–H groups in total. The van der Waals surface area contributed by atoms with Gasteiger partial charge in [0.25, 0.3) is 0 Å². The van der Waals surface area contributed by atoms with Gasteiger partial charge in [-0.05, 0) is 60.7 Å². The average molecular weight is 440 g/mol. The van der Waals surface area contributed by atoms with E-state index in [9.17, 15) is 22.3 Å². The molecule has 0 amide bonds. The van der Waals surface area contributed by atoms with Crippen LogP contribution in [0.5, 0.6) is 5.75 Å². The van der Waals surface area contributed by atoms with Crippen LogP contribution < -0.4 is 0 Å². The number of azo groups is 1. The molecule has 0 atom stereocenters. The molecule has 0 radical (unpaired) electrons. The molecule has 4 aromatic rings. The lowest BCUT2D eigenvalue weighted by Gasteiger charge is -2.03. The van der Waals surface area contributed by atoms with Gasteiger partial charge in [0.15, 0.2) is 0 Å². The van der Waals surface area contributed by atoms with E-state index in [1.165, 1.54) is 60.7 Å². The van der Waals surface area contributed by atoms with E-state index in [0.717, 1.165) is 16.8 Å². The largest absolute Gasteiger partial charge is 0.502 e. The first-order chi connectivity index (χ1) is 14.9. The number of sulfone groups is 1. The van der Waals surface area contributed by atoms with Gasteiger partial charge in [-0.3, -0.25) is 0 Å². The molecular weight excluding hydrogens is 426 g/mol. The zero-order valence-electron chi connectivity index (χ0n) is 15.7. The molecule has 0 saturated carbocycles. The molecule has 4 rings (SSSR count). The van der Waals surface area contributed by atoms with Gasteiger partial charge in [-0.2, -0.15) is 0 Å². The van der Waals surface area contributed by atoms with Crippen molar-refractivity contribution in [1.29, 1.82) is 0 Å². The zero-order chi connectivity index (χ0) is 22.0. The fourth-order valence-corrected chi connectivity index (χ4v) is 4.01. The van der Waals surface area contributed by atoms with E-state index in [0.29, 0.717) is 0 Å². The Morgan fingerprint density at radius 3 is 2.00 bits per heavy atom. The number of benzene rings is 3. The van der Waals surface area contributed by atoms with E-state index in [1.54, 1.807) is 6.07 Å². The fourth-order valence-electron chi connectivity index (χ4n) is 2.74. The van der Waals surface area contributed by atoms with Gasteiger partial charge in [-0.1, -0.05) is 18.2 Å². The van der Waals surface area contributed by atoms with Crippen LogP contribution >= 0.6 is 0 Å². The van der Waals surface area contributed by atoms with Gasteiger partial charge in [0, 0.05) is 0 Å². The van der Waals surface area contributed by atoms with Crippen LogP contribution in [0.2, 0.25) is 0 Å². The first-order valence-corrected chi connectivity index (χ1v) is 10.4. The third kappa shape index (κ3) is 4.05. The quantitative estimate of drug-likeness (QED) is 0.437. The topological polar surface area (TPSA) is 96.9 Å². The molecule has 3 aromatic carbocycles. The molecule has 7 nitrogen and oxygen atoms in total. The molecule has 0 bridgehead atoms. The number of hydrogen-bond acceptors (Lipinski definition) is 6. The molecule has 0 fully saturated rings. The fraction of sp³-hybridized carbons (Fsp3) is 0. The van der Waals surface area contributed by atoms with Gasteiger partial charge < -0.3 is 5.11 Å². The number of hydrogen-bond donors (Lipinski definition) is 1. The Hall–Kier alpha value is -3.92. The normalized spacial score (nSPS) is 11.8. The summed E-state index contributed by atoms with van der Waals surface area (Å²) in [6, 6.07) is 17.5. The first kappa shape index (κ1) is 20.4. The number of rotatable bonds is 5. The lowest BCUT2D eigenvalue weighted by molar-refractivity contribution is 0.459. The number of halogens is 2. The molecule has 1 heterocycles. The molecular formula is C21H14F2N4O3S. The Morgan fingerprint density at radius 1 is 0.806 bits per heavy atom. The minimum Gasteiger partial charge on any atom is -0.502 e. The molecule has 1 aromatic heterocycles. The van der Waals surface area contributed by atoms with Crippen LogP contribution in [0, 0.1) is 11.6 Å². The van der Waals surface area contributed by atoms with Crippen molar-refractivity contribution in [2.75, 3.05) is 0 Å². The Labute approximate surface area is 175 Å². The molecule has 0 saturated heterocycles. The molecule has 0 unspecified atom stereocenters. The second-order valence-electron chi connectivity index (χ2n) is 6.36. The van der Waals surface area contributed by atoms with Gasteiger partial charge in [0.1, 0.15) is 11.6 Å². The summed E-state index contributed by atoms with van der Waals surface area (Å²) in [5.74, 6) is -1.98. The molecule has 0 aliphatic rings. The highest BCUT2D eigenvalue weighted by Gasteiger charge is 2.30. The predicted molar refractivity (Wildman–Crippen MR) is 108 cm³/mol. The van der Waals surface area contributed by atoms with Crippen LogP contribution in [0.4, 0.5) is 20.3 Å². The predicted octanol–water partition coefficient (Wildman–Crippen LogP) is 5.10.